The van der Waals surface area contributed by atoms with Crippen molar-refractivity contribution in [2.24, 2.45) is 0 Å². The summed E-state index contributed by atoms with van der Waals surface area (Å²) in [6.07, 6.45) is 1.75. The molecule has 44 valence electrons. The van der Waals surface area contributed by atoms with Gasteiger partial charge in [-0.1, -0.05) is 6.08 Å². The van der Waals surface area contributed by atoms with Crippen LogP contribution in [0, 0.1) is 0 Å². The molecule has 0 aromatic carbocycles. The van der Waals surface area contributed by atoms with Crippen molar-refractivity contribution in [3.63, 3.8) is 0 Å². The zero-order valence-corrected chi connectivity index (χ0v) is 6.73. The van der Waals surface area contributed by atoms with Crippen molar-refractivity contribution < 1.29 is 4.80 Å². The van der Waals surface area contributed by atoms with E-state index in [-0.39, 0.29) is 0 Å². The molecule has 0 spiro atoms. The summed E-state index contributed by atoms with van der Waals surface area (Å²) in [5, 5.41) is 0. The predicted octanol–water partition coefficient (Wildman–Crippen LogP) is 1.37. The van der Waals surface area contributed by atoms with Gasteiger partial charge in [-0.15, -0.1) is 28.7 Å². The molecule has 0 amide bonds. The van der Waals surface area contributed by atoms with Crippen molar-refractivity contribution in [3.05, 3.63) is 12.7 Å². The Morgan fingerprint density at radius 1 is 1.71 bits per heavy atom. The van der Waals surface area contributed by atoms with Gasteiger partial charge in [0.2, 0.25) is 0 Å². The maximum absolute atomic E-state index is 7.73. The lowest BCUT2D eigenvalue weighted by Gasteiger charge is -1.69. The van der Waals surface area contributed by atoms with Crippen LogP contribution in [0.5, 0.6) is 0 Å². The van der Waals surface area contributed by atoms with Gasteiger partial charge in [0.1, 0.15) is 0 Å². The lowest BCUT2D eigenvalue weighted by molar-refractivity contribution is 0.614. The van der Waals surface area contributed by atoms with Crippen molar-refractivity contribution in [1.29, 1.82) is 0 Å². The average molecular weight is 159 g/mol. The second-order valence-corrected chi connectivity index (χ2v) is 4.39. The smallest absolute Gasteiger partial charge is 0.370 e. The molecule has 0 atom stereocenters. The molecule has 4 heteroatoms. The third kappa shape index (κ3) is 532. The molecule has 0 heterocycles. The Kier molecular flexibility index (Phi) is 14.5. The second-order valence-electron chi connectivity index (χ2n) is 0.686. The fourth-order valence-electron chi connectivity index (χ4n) is 0. The Morgan fingerprint density at radius 3 is 1.71 bits per heavy atom. The number of allylic oxidation sites excluding steroid dienone is 1. The predicted molar refractivity (Wildman–Crippen MR) is 36.9 cm³/mol. The molecule has 0 aliphatic rings. The van der Waals surface area contributed by atoms with Crippen molar-refractivity contribution in [3.8, 4) is 0 Å². The molecule has 7 heavy (non-hydrogen) atoms. The van der Waals surface area contributed by atoms with Crippen LogP contribution in [-0.4, -0.2) is 12.5 Å². The lowest BCUT2D eigenvalue weighted by Crippen LogP contribution is -1.83. The average Bonchev–Trinajstić information content (AvgIpc) is 1.33. The van der Waals surface area contributed by atoms with Crippen LogP contribution < -0.4 is 0 Å². The summed E-state index contributed by atoms with van der Waals surface area (Å²) < 4.78 is 0. The molecule has 0 fully saturated rings. The van der Waals surface area contributed by atoms with Gasteiger partial charge in [-0.25, -0.2) is 0 Å². The first kappa shape index (κ1) is 10.5. The van der Waals surface area contributed by atoms with Gasteiger partial charge in [0.15, 0.2) is 0 Å². The highest BCUT2D eigenvalue weighted by Gasteiger charge is 1.84. The molecule has 0 aromatic heterocycles. The third-order valence-electron chi connectivity index (χ3n) is 0. The summed E-state index contributed by atoms with van der Waals surface area (Å²) >= 11 is 9.47. The fourth-order valence-corrected chi connectivity index (χ4v) is 0. The minimum Gasteiger partial charge on any atom is -0.411 e. The summed E-state index contributed by atoms with van der Waals surface area (Å²) in [5.41, 5.74) is 0. The van der Waals surface area contributed by atoms with E-state index < -0.39 is 7.66 Å². The van der Waals surface area contributed by atoms with Gasteiger partial charge in [-0.3, -0.25) is 0 Å². The first-order valence-electron chi connectivity index (χ1n) is 1.68. The van der Waals surface area contributed by atoms with Gasteiger partial charge in [-0.05, 0) is 6.92 Å². The summed E-state index contributed by atoms with van der Waals surface area (Å²) in [6.45, 7) is 5.25. The molecule has 1 N–H and O–H groups in total. The Balaban J connectivity index is 0. The molecule has 0 saturated heterocycles. The van der Waals surface area contributed by atoms with Crippen molar-refractivity contribution >= 4 is 29.8 Å². The minimum absolute atomic E-state index is 1.75. The second kappa shape index (κ2) is 9.71. The summed E-state index contributed by atoms with van der Waals surface area (Å²) in [4.78, 5) is 7.73. The zero-order valence-electron chi connectivity index (χ0n) is 4.06. The zero-order chi connectivity index (χ0) is 6.28. The normalized spacial score (nSPS) is 7.00. The molecule has 0 aromatic rings. The topological polar surface area (TPSA) is 20.2 Å². The maximum atomic E-state index is 7.73. The Morgan fingerprint density at radius 2 is 1.71 bits per heavy atom. The number of halogens is 2. The molecule has 0 bridgehead atoms. The van der Waals surface area contributed by atoms with Crippen LogP contribution in [-0.2, 0) is 0 Å². The molecular formula is C3H8Cl2OSi. The molecule has 0 aliphatic heterocycles. The quantitative estimate of drug-likeness (QED) is 0.321. The fraction of sp³-hybridized carbons (Fsp3) is 0.333. The van der Waals surface area contributed by atoms with Crippen LogP contribution in [0.2, 0.25) is 0 Å². The summed E-state index contributed by atoms with van der Waals surface area (Å²) in [6, 6.07) is 0. The monoisotopic (exact) mass is 158 g/mol. The van der Waals surface area contributed by atoms with Crippen LogP contribution in [0.4, 0.5) is 0 Å². The van der Waals surface area contributed by atoms with Crippen LogP contribution in [0.25, 0.3) is 0 Å². The largest absolute Gasteiger partial charge is 0.411 e. The maximum Gasteiger partial charge on any atom is 0.370 e. The van der Waals surface area contributed by atoms with Crippen LogP contribution in [0.15, 0.2) is 12.7 Å². The summed E-state index contributed by atoms with van der Waals surface area (Å²) in [7, 11) is -2.19. The van der Waals surface area contributed by atoms with Gasteiger partial charge < -0.3 is 4.80 Å². The van der Waals surface area contributed by atoms with E-state index in [1.807, 2.05) is 6.92 Å². The Bertz CT molecular complexity index is 37.2. The SMILES string of the molecule is C=CC.O[SiH](Cl)Cl. The van der Waals surface area contributed by atoms with Gasteiger partial charge in [-0.2, -0.15) is 0 Å². The number of rotatable bonds is 0. The van der Waals surface area contributed by atoms with E-state index in [9.17, 15) is 0 Å². The standard InChI is InChI=1S/C3H6.Cl2H2OSi/c1-3-2;1-4(2)3/h3H,1H2,2H3;3-4H. The Hall–Kier alpha value is 0.497. The summed E-state index contributed by atoms with van der Waals surface area (Å²) in [5.74, 6) is 0. The first-order chi connectivity index (χ1) is 3.15. The number of hydrogen-bond acceptors (Lipinski definition) is 1. The first-order valence-corrected chi connectivity index (χ1v) is 5.69. The lowest BCUT2D eigenvalue weighted by atomic mass is 10.8. The van der Waals surface area contributed by atoms with E-state index >= 15 is 0 Å². The van der Waals surface area contributed by atoms with Gasteiger partial charge in [0.05, 0.1) is 0 Å². The highest BCUT2D eigenvalue weighted by molar-refractivity contribution is 7.30. The third-order valence-corrected chi connectivity index (χ3v) is 0. The van der Waals surface area contributed by atoms with E-state index in [2.05, 4.69) is 6.58 Å². The van der Waals surface area contributed by atoms with E-state index in [1.54, 1.807) is 6.08 Å². The van der Waals surface area contributed by atoms with Crippen LogP contribution in [0.1, 0.15) is 6.92 Å². The van der Waals surface area contributed by atoms with E-state index in [4.69, 9.17) is 27.0 Å². The minimum atomic E-state index is -2.19. The highest BCUT2D eigenvalue weighted by atomic mass is 35.7. The Labute approximate surface area is 54.7 Å². The van der Waals surface area contributed by atoms with Crippen molar-refractivity contribution in [1.82, 2.24) is 0 Å². The molecule has 0 saturated carbocycles. The van der Waals surface area contributed by atoms with Gasteiger partial charge in [0, 0.05) is 0 Å². The highest BCUT2D eigenvalue weighted by Crippen LogP contribution is 1.84. The molecule has 0 aliphatic carbocycles. The van der Waals surface area contributed by atoms with Crippen molar-refractivity contribution in [2.45, 2.75) is 6.92 Å². The van der Waals surface area contributed by atoms with Gasteiger partial charge >= 0.3 is 7.66 Å². The molecule has 1 nitrogen and oxygen atoms in total. The van der Waals surface area contributed by atoms with Gasteiger partial charge in [0.25, 0.3) is 0 Å². The van der Waals surface area contributed by atoms with Crippen molar-refractivity contribution in [2.75, 3.05) is 0 Å². The van der Waals surface area contributed by atoms with Crippen LogP contribution in [0.3, 0.4) is 0 Å². The molecule has 0 unspecified atom stereocenters. The molecular weight excluding hydrogens is 151 g/mol. The van der Waals surface area contributed by atoms with E-state index in [0.717, 1.165) is 0 Å². The molecule has 0 radical (unpaired) electrons. The molecule has 0 rings (SSSR count). The van der Waals surface area contributed by atoms with E-state index in [1.165, 1.54) is 0 Å². The van der Waals surface area contributed by atoms with Crippen LogP contribution >= 0.6 is 22.2 Å². The number of hydrogen-bond donors (Lipinski definition) is 1. The van der Waals surface area contributed by atoms with E-state index in [0.29, 0.717) is 0 Å².